The third kappa shape index (κ3) is 0.669. The summed E-state index contributed by atoms with van der Waals surface area (Å²) >= 11 is 0. The van der Waals surface area contributed by atoms with Crippen molar-refractivity contribution in [1.29, 1.82) is 0 Å². The molecule has 2 rings (SSSR count). The number of amides is 1. The summed E-state index contributed by atoms with van der Waals surface area (Å²) in [7, 11) is 0. The molecule has 0 aromatic rings. The van der Waals surface area contributed by atoms with E-state index in [1.807, 2.05) is 4.90 Å². The van der Waals surface area contributed by atoms with Crippen molar-refractivity contribution < 1.29 is 4.79 Å². The van der Waals surface area contributed by atoms with Gasteiger partial charge < -0.3 is 10.6 Å². The van der Waals surface area contributed by atoms with E-state index in [1.165, 1.54) is 0 Å². The van der Waals surface area contributed by atoms with Crippen molar-refractivity contribution in [2.75, 3.05) is 6.54 Å². The maximum atomic E-state index is 11.1. The summed E-state index contributed by atoms with van der Waals surface area (Å²) in [4.78, 5) is 13.0. The Labute approximate surface area is 60.2 Å². The third-order valence-electron chi connectivity index (χ3n) is 2.57. The number of carbonyl (C=O) groups is 1. The minimum absolute atomic E-state index is 0.256. The van der Waals surface area contributed by atoms with Crippen molar-refractivity contribution in [3.63, 3.8) is 0 Å². The maximum absolute atomic E-state index is 11.1. The summed E-state index contributed by atoms with van der Waals surface area (Å²) in [5.41, 5.74) is 5.79. The van der Waals surface area contributed by atoms with Gasteiger partial charge in [-0.3, -0.25) is 4.79 Å². The van der Waals surface area contributed by atoms with Gasteiger partial charge in [-0.1, -0.05) is 0 Å². The molecule has 0 aromatic carbocycles. The molecule has 0 bridgehead atoms. The first-order valence-electron chi connectivity index (χ1n) is 3.84. The Balaban J connectivity index is 2.16. The van der Waals surface area contributed by atoms with E-state index in [0.717, 1.165) is 25.8 Å². The lowest BCUT2D eigenvalue weighted by molar-refractivity contribution is -0.127. The average molecular weight is 140 g/mol. The first-order valence-corrected chi connectivity index (χ1v) is 3.84. The molecule has 2 atom stereocenters. The van der Waals surface area contributed by atoms with Gasteiger partial charge in [-0.15, -0.1) is 0 Å². The normalized spacial score (nSPS) is 38.9. The van der Waals surface area contributed by atoms with Crippen LogP contribution in [0.15, 0.2) is 0 Å². The van der Waals surface area contributed by atoms with Crippen LogP contribution in [0.5, 0.6) is 0 Å². The summed E-state index contributed by atoms with van der Waals surface area (Å²) in [5.74, 6) is 0.304. The van der Waals surface area contributed by atoms with Crippen LogP contribution in [0.3, 0.4) is 0 Å². The molecule has 0 aromatic heterocycles. The van der Waals surface area contributed by atoms with Gasteiger partial charge in [-0.05, 0) is 12.8 Å². The van der Waals surface area contributed by atoms with Gasteiger partial charge in [0.1, 0.15) is 0 Å². The van der Waals surface area contributed by atoms with Crippen molar-refractivity contribution >= 4 is 5.91 Å². The van der Waals surface area contributed by atoms with Crippen LogP contribution >= 0.6 is 0 Å². The molecule has 3 heteroatoms. The van der Waals surface area contributed by atoms with E-state index in [1.54, 1.807) is 0 Å². The Morgan fingerprint density at radius 1 is 1.50 bits per heavy atom. The van der Waals surface area contributed by atoms with Gasteiger partial charge in [-0.25, -0.2) is 0 Å². The first-order chi connectivity index (χ1) is 4.79. The second kappa shape index (κ2) is 1.95. The number of nitrogens with zero attached hydrogens (tertiary/aromatic N) is 1. The van der Waals surface area contributed by atoms with Crippen LogP contribution in [0.2, 0.25) is 0 Å². The lowest BCUT2D eigenvalue weighted by atomic mass is 10.1. The Kier molecular flexibility index (Phi) is 1.20. The van der Waals surface area contributed by atoms with E-state index in [4.69, 9.17) is 5.73 Å². The molecule has 2 aliphatic rings. The Morgan fingerprint density at radius 2 is 2.30 bits per heavy atom. The second-order valence-corrected chi connectivity index (χ2v) is 3.15. The smallest absolute Gasteiger partial charge is 0.222 e. The molecule has 56 valence electrons. The summed E-state index contributed by atoms with van der Waals surface area (Å²) in [6.45, 7) is 0.894. The van der Waals surface area contributed by atoms with E-state index in [0.29, 0.717) is 11.9 Å². The highest BCUT2D eigenvalue weighted by molar-refractivity contribution is 5.79. The van der Waals surface area contributed by atoms with Gasteiger partial charge in [0.15, 0.2) is 0 Å². The number of fused-ring (bicyclic) bond motifs is 1. The van der Waals surface area contributed by atoms with Crippen LogP contribution in [-0.4, -0.2) is 29.4 Å². The van der Waals surface area contributed by atoms with Gasteiger partial charge in [0.2, 0.25) is 5.91 Å². The fraction of sp³-hybridized carbons (Fsp3) is 0.857. The van der Waals surface area contributed by atoms with E-state index < -0.39 is 0 Å². The number of nitrogens with two attached hydrogens (primary N) is 1. The molecule has 0 saturated carbocycles. The molecule has 2 aliphatic heterocycles. The molecule has 2 fully saturated rings. The Morgan fingerprint density at radius 3 is 3.00 bits per heavy atom. The molecular weight excluding hydrogens is 128 g/mol. The number of hydrogen-bond donors (Lipinski definition) is 1. The molecule has 2 heterocycles. The summed E-state index contributed by atoms with van der Waals surface area (Å²) in [6, 6.07) is 0.638. The average Bonchev–Trinajstić information content (AvgIpc) is 2.41. The molecule has 0 aliphatic carbocycles. The standard InChI is InChI=1S/C7H12N2O/c8-5-3-4-9-6(5)1-2-7(9)10/h5-6H,1-4,8H2/t5-,6+/m0/s1. The minimum atomic E-state index is 0.256. The van der Waals surface area contributed by atoms with E-state index >= 15 is 0 Å². The SMILES string of the molecule is N[C@H]1CCN2C(=O)CC[C@H]12. The summed E-state index contributed by atoms with van der Waals surface area (Å²) in [6.07, 6.45) is 2.70. The van der Waals surface area contributed by atoms with Crippen molar-refractivity contribution in [3.8, 4) is 0 Å². The molecule has 3 nitrogen and oxygen atoms in total. The fourth-order valence-electron chi connectivity index (χ4n) is 1.97. The highest BCUT2D eigenvalue weighted by atomic mass is 16.2. The van der Waals surface area contributed by atoms with E-state index in [-0.39, 0.29) is 6.04 Å². The highest BCUT2D eigenvalue weighted by Gasteiger charge is 2.39. The van der Waals surface area contributed by atoms with Crippen molar-refractivity contribution in [3.05, 3.63) is 0 Å². The van der Waals surface area contributed by atoms with Crippen molar-refractivity contribution in [1.82, 2.24) is 4.90 Å². The summed E-state index contributed by atoms with van der Waals surface area (Å²) in [5, 5.41) is 0. The quantitative estimate of drug-likeness (QED) is 0.502. The molecule has 2 N–H and O–H groups in total. The predicted molar refractivity (Wildman–Crippen MR) is 37.3 cm³/mol. The Bertz CT molecular complexity index is 169. The van der Waals surface area contributed by atoms with Crippen molar-refractivity contribution in [2.24, 2.45) is 5.73 Å². The van der Waals surface area contributed by atoms with Crippen LogP contribution < -0.4 is 5.73 Å². The number of carbonyl (C=O) groups excluding carboxylic acids is 1. The predicted octanol–water partition coefficient (Wildman–Crippen LogP) is -0.292. The van der Waals surface area contributed by atoms with Gasteiger partial charge >= 0.3 is 0 Å². The van der Waals surface area contributed by atoms with Crippen molar-refractivity contribution in [2.45, 2.75) is 31.3 Å². The molecule has 0 spiro atoms. The molecule has 0 radical (unpaired) electrons. The lowest BCUT2D eigenvalue weighted by Gasteiger charge is -2.16. The highest BCUT2D eigenvalue weighted by Crippen LogP contribution is 2.27. The van der Waals surface area contributed by atoms with Gasteiger partial charge in [-0.2, -0.15) is 0 Å². The minimum Gasteiger partial charge on any atom is -0.338 e. The fourth-order valence-corrected chi connectivity index (χ4v) is 1.97. The first kappa shape index (κ1) is 6.16. The zero-order valence-corrected chi connectivity index (χ0v) is 5.92. The molecule has 0 unspecified atom stereocenters. The van der Waals surface area contributed by atoms with Crippen LogP contribution in [-0.2, 0) is 4.79 Å². The molecule has 2 saturated heterocycles. The molecule has 10 heavy (non-hydrogen) atoms. The topological polar surface area (TPSA) is 46.3 Å². The zero-order valence-electron chi connectivity index (χ0n) is 5.92. The second-order valence-electron chi connectivity index (χ2n) is 3.15. The van der Waals surface area contributed by atoms with E-state index in [9.17, 15) is 4.79 Å². The number of hydrogen-bond acceptors (Lipinski definition) is 2. The largest absolute Gasteiger partial charge is 0.338 e. The van der Waals surface area contributed by atoms with E-state index in [2.05, 4.69) is 0 Å². The molecule has 1 amide bonds. The van der Waals surface area contributed by atoms with Crippen LogP contribution in [0.1, 0.15) is 19.3 Å². The summed E-state index contributed by atoms with van der Waals surface area (Å²) < 4.78 is 0. The van der Waals surface area contributed by atoms with Gasteiger partial charge in [0, 0.05) is 25.0 Å². The Hall–Kier alpha value is -0.570. The van der Waals surface area contributed by atoms with Gasteiger partial charge in [0.05, 0.1) is 0 Å². The lowest BCUT2D eigenvalue weighted by Crippen LogP contribution is -2.35. The van der Waals surface area contributed by atoms with Crippen LogP contribution in [0.25, 0.3) is 0 Å². The van der Waals surface area contributed by atoms with Crippen LogP contribution in [0, 0.1) is 0 Å². The monoisotopic (exact) mass is 140 g/mol. The number of rotatable bonds is 0. The molecular formula is C7H12N2O. The third-order valence-corrected chi connectivity index (χ3v) is 2.57. The van der Waals surface area contributed by atoms with Gasteiger partial charge in [0.25, 0.3) is 0 Å². The maximum Gasteiger partial charge on any atom is 0.222 e. The van der Waals surface area contributed by atoms with Crippen LogP contribution in [0.4, 0.5) is 0 Å². The zero-order chi connectivity index (χ0) is 7.14.